The fourth-order valence-electron chi connectivity index (χ4n) is 3.59. The summed E-state index contributed by atoms with van der Waals surface area (Å²) in [4.78, 5) is 35.1. The molecule has 1 atom stereocenters. The summed E-state index contributed by atoms with van der Waals surface area (Å²) in [6, 6.07) is 16.5. The summed E-state index contributed by atoms with van der Waals surface area (Å²) in [7, 11) is 3.15. The SMILES string of the molecule is COc1ccc(CNC(=O)C(C)Sc2nc3ccccc3c(=O)n2Cc2cccnc2)cc1OC. The third kappa shape index (κ3) is 5.63. The minimum Gasteiger partial charge on any atom is -0.493 e. The number of carbonyl (C=O) groups is 1. The van der Waals surface area contributed by atoms with Crippen molar-refractivity contribution in [1.29, 1.82) is 0 Å². The van der Waals surface area contributed by atoms with Crippen LogP contribution in [0.3, 0.4) is 0 Å². The molecule has 2 heterocycles. The number of methoxy groups -OCH3 is 2. The van der Waals surface area contributed by atoms with Crippen molar-refractivity contribution in [3.8, 4) is 11.5 Å². The molecule has 4 rings (SSSR count). The fraction of sp³-hybridized carbons (Fsp3) is 0.231. The van der Waals surface area contributed by atoms with Crippen molar-refractivity contribution in [3.63, 3.8) is 0 Å². The van der Waals surface area contributed by atoms with Gasteiger partial charge in [-0.05, 0) is 48.4 Å². The highest BCUT2D eigenvalue weighted by atomic mass is 32.2. The van der Waals surface area contributed by atoms with E-state index in [1.54, 1.807) is 56.3 Å². The van der Waals surface area contributed by atoms with Crippen molar-refractivity contribution in [1.82, 2.24) is 19.9 Å². The maximum atomic E-state index is 13.3. The van der Waals surface area contributed by atoms with Gasteiger partial charge in [-0.1, -0.05) is 36.0 Å². The molecule has 0 radical (unpaired) electrons. The van der Waals surface area contributed by atoms with Gasteiger partial charge >= 0.3 is 0 Å². The van der Waals surface area contributed by atoms with Gasteiger partial charge in [0.15, 0.2) is 16.7 Å². The van der Waals surface area contributed by atoms with Crippen LogP contribution in [-0.4, -0.2) is 39.9 Å². The Bertz CT molecular complexity index is 1390. The van der Waals surface area contributed by atoms with Gasteiger partial charge in [0.1, 0.15) is 0 Å². The van der Waals surface area contributed by atoms with E-state index in [0.29, 0.717) is 40.6 Å². The standard InChI is InChI=1S/C26H26N4O4S/c1-17(24(31)28-15-18-10-11-22(33-2)23(13-18)34-3)35-26-29-21-9-5-4-8-20(21)25(32)30(26)16-19-7-6-12-27-14-19/h4-14,17H,15-16H2,1-3H3,(H,28,31). The van der Waals surface area contributed by atoms with E-state index in [1.807, 2.05) is 36.4 Å². The van der Waals surface area contributed by atoms with Crippen LogP contribution in [0.5, 0.6) is 11.5 Å². The number of carbonyl (C=O) groups excluding carboxylic acids is 1. The highest BCUT2D eigenvalue weighted by molar-refractivity contribution is 8.00. The van der Waals surface area contributed by atoms with Crippen LogP contribution >= 0.6 is 11.8 Å². The molecule has 35 heavy (non-hydrogen) atoms. The van der Waals surface area contributed by atoms with Gasteiger partial charge in [-0.25, -0.2) is 4.98 Å². The van der Waals surface area contributed by atoms with Gasteiger partial charge < -0.3 is 14.8 Å². The zero-order chi connectivity index (χ0) is 24.8. The largest absolute Gasteiger partial charge is 0.493 e. The fourth-order valence-corrected chi connectivity index (χ4v) is 4.52. The van der Waals surface area contributed by atoms with Crippen molar-refractivity contribution >= 4 is 28.6 Å². The molecule has 0 aliphatic carbocycles. The predicted molar refractivity (Wildman–Crippen MR) is 136 cm³/mol. The Morgan fingerprint density at radius 3 is 2.60 bits per heavy atom. The predicted octanol–water partition coefficient (Wildman–Crippen LogP) is 3.65. The van der Waals surface area contributed by atoms with Crippen LogP contribution < -0.4 is 20.3 Å². The first-order chi connectivity index (χ1) is 17.0. The third-order valence-electron chi connectivity index (χ3n) is 5.46. The molecule has 0 spiro atoms. The molecule has 0 saturated heterocycles. The highest BCUT2D eigenvalue weighted by Gasteiger charge is 2.20. The van der Waals surface area contributed by atoms with Crippen LogP contribution in [0, 0.1) is 0 Å². The van der Waals surface area contributed by atoms with Crippen LogP contribution in [0.25, 0.3) is 10.9 Å². The molecular formula is C26H26N4O4S. The maximum Gasteiger partial charge on any atom is 0.262 e. The molecule has 2 aromatic carbocycles. The monoisotopic (exact) mass is 490 g/mol. The lowest BCUT2D eigenvalue weighted by Crippen LogP contribution is -2.32. The molecule has 2 aromatic heterocycles. The lowest BCUT2D eigenvalue weighted by molar-refractivity contribution is -0.120. The van der Waals surface area contributed by atoms with E-state index in [1.165, 1.54) is 11.8 Å². The smallest absolute Gasteiger partial charge is 0.262 e. The van der Waals surface area contributed by atoms with E-state index in [4.69, 9.17) is 14.5 Å². The quantitative estimate of drug-likeness (QED) is 0.283. The molecule has 0 fully saturated rings. The van der Waals surface area contributed by atoms with Gasteiger partial charge in [-0.15, -0.1) is 0 Å². The number of amides is 1. The van der Waals surface area contributed by atoms with Crippen LogP contribution in [0.1, 0.15) is 18.1 Å². The topological polar surface area (TPSA) is 95.3 Å². The van der Waals surface area contributed by atoms with Gasteiger partial charge in [0.25, 0.3) is 5.56 Å². The number of pyridine rings is 1. The van der Waals surface area contributed by atoms with Gasteiger partial charge in [0.2, 0.25) is 5.91 Å². The van der Waals surface area contributed by atoms with Gasteiger partial charge in [-0.3, -0.25) is 19.1 Å². The number of hydrogen-bond acceptors (Lipinski definition) is 7. The summed E-state index contributed by atoms with van der Waals surface area (Å²) in [5.41, 5.74) is 2.20. The summed E-state index contributed by atoms with van der Waals surface area (Å²) >= 11 is 1.25. The number of nitrogens with one attached hydrogen (secondary N) is 1. The Morgan fingerprint density at radius 2 is 1.86 bits per heavy atom. The summed E-state index contributed by atoms with van der Waals surface area (Å²) in [5, 5.41) is 3.48. The Labute approximate surface area is 207 Å². The first kappa shape index (κ1) is 24.3. The van der Waals surface area contributed by atoms with Crippen LogP contribution in [0.4, 0.5) is 0 Å². The molecule has 8 nitrogen and oxygen atoms in total. The van der Waals surface area contributed by atoms with Crippen molar-refractivity contribution in [3.05, 3.63) is 88.5 Å². The molecule has 9 heteroatoms. The summed E-state index contributed by atoms with van der Waals surface area (Å²) in [5.74, 6) is 1.06. The van der Waals surface area contributed by atoms with E-state index in [0.717, 1.165) is 11.1 Å². The number of aromatic nitrogens is 3. The summed E-state index contributed by atoms with van der Waals surface area (Å²) < 4.78 is 12.2. The van der Waals surface area contributed by atoms with E-state index in [2.05, 4.69) is 10.3 Å². The van der Waals surface area contributed by atoms with Gasteiger partial charge in [0, 0.05) is 18.9 Å². The molecule has 0 saturated carbocycles. The number of para-hydroxylation sites is 1. The second-order valence-electron chi connectivity index (χ2n) is 7.83. The third-order valence-corrected chi connectivity index (χ3v) is 6.55. The average molecular weight is 491 g/mol. The average Bonchev–Trinajstić information content (AvgIpc) is 2.89. The minimum atomic E-state index is -0.483. The molecule has 0 aliphatic rings. The number of hydrogen-bond donors (Lipinski definition) is 1. The molecular weight excluding hydrogens is 464 g/mol. The van der Waals surface area contributed by atoms with E-state index in [9.17, 15) is 9.59 Å². The number of nitrogens with zero attached hydrogens (tertiary/aromatic N) is 3. The number of rotatable bonds is 9. The minimum absolute atomic E-state index is 0.153. The first-order valence-electron chi connectivity index (χ1n) is 11.0. The molecule has 180 valence electrons. The lowest BCUT2D eigenvalue weighted by Gasteiger charge is -2.17. The molecule has 4 aromatic rings. The van der Waals surface area contributed by atoms with Crippen molar-refractivity contribution in [2.45, 2.75) is 30.4 Å². The maximum absolute atomic E-state index is 13.3. The zero-order valence-electron chi connectivity index (χ0n) is 19.7. The van der Waals surface area contributed by atoms with Crippen LogP contribution in [0.2, 0.25) is 0 Å². The number of fused-ring (bicyclic) bond motifs is 1. The zero-order valence-corrected chi connectivity index (χ0v) is 20.5. The normalized spacial score (nSPS) is 11.7. The highest BCUT2D eigenvalue weighted by Crippen LogP contribution is 2.28. The number of ether oxygens (including phenoxy) is 2. The van der Waals surface area contributed by atoms with Gasteiger partial charge in [0.05, 0.1) is 36.9 Å². The molecule has 1 amide bonds. The number of thioether (sulfide) groups is 1. The lowest BCUT2D eigenvalue weighted by atomic mass is 10.2. The summed E-state index contributed by atoms with van der Waals surface area (Å²) in [6.07, 6.45) is 3.40. The summed E-state index contributed by atoms with van der Waals surface area (Å²) in [6.45, 7) is 2.44. The molecule has 1 N–H and O–H groups in total. The van der Waals surface area contributed by atoms with E-state index >= 15 is 0 Å². The van der Waals surface area contributed by atoms with E-state index < -0.39 is 5.25 Å². The first-order valence-corrected chi connectivity index (χ1v) is 11.9. The van der Waals surface area contributed by atoms with Crippen molar-refractivity contribution in [2.75, 3.05) is 14.2 Å². The van der Waals surface area contributed by atoms with Gasteiger partial charge in [-0.2, -0.15) is 0 Å². The molecule has 0 aliphatic heterocycles. The van der Waals surface area contributed by atoms with Crippen LogP contribution in [0.15, 0.2) is 76.9 Å². The second kappa shape index (κ2) is 11.1. The van der Waals surface area contributed by atoms with Crippen LogP contribution in [-0.2, 0) is 17.9 Å². The Morgan fingerprint density at radius 1 is 1.06 bits per heavy atom. The second-order valence-corrected chi connectivity index (χ2v) is 9.14. The Kier molecular flexibility index (Phi) is 7.67. The Balaban J connectivity index is 1.54. The van der Waals surface area contributed by atoms with Crippen molar-refractivity contribution < 1.29 is 14.3 Å². The van der Waals surface area contributed by atoms with E-state index in [-0.39, 0.29) is 11.5 Å². The molecule has 1 unspecified atom stereocenters. The van der Waals surface area contributed by atoms with Crippen molar-refractivity contribution in [2.24, 2.45) is 0 Å². The number of benzene rings is 2. The Hall–Kier alpha value is -3.85. The molecule has 0 bridgehead atoms.